The van der Waals surface area contributed by atoms with Crippen LogP contribution in [0.25, 0.3) is 6.08 Å². The van der Waals surface area contributed by atoms with Gasteiger partial charge in [0.25, 0.3) is 0 Å². The molecule has 0 bridgehead atoms. The normalized spacial score (nSPS) is 10.5. The number of carbonyl (C=O) groups is 2. The molecule has 0 saturated carbocycles. The van der Waals surface area contributed by atoms with Gasteiger partial charge in [-0.3, -0.25) is 4.79 Å². The zero-order chi connectivity index (χ0) is 16.7. The van der Waals surface area contributed by atoms with Gasteiger partial charge in [-0.25, -0.2) is 4.79 Å². The molecule has 2 rings (SSSR count). The molecule has 0 amide bonds. The van der Waals surface area contributed by atoms with E-state index in [1.54, 1.807) is 54.6 Å². The second kappa shape index (κ2) is 7.94. The molecule has 2 aromatic carbocycles. The zero-order valence-corrected chi connectivity index (χ0v) is 13.1. The standard InChI is InChI=1S/C19H18O4/c1-3-23-17-11-9-15(10-12-17)18(20)13-6-14-4-7-16(8-5-14)19(21)22-2/h4-13H,3H2,1-2H3. The molecule has 0 spiro atoms. The fourth-order valence-corrected chi connectivity index (χ4v) is 2.00. The molecule has 0 unspecified atom stereocenters. The minimum atomic E-state index is -0.383. The third-order valence-corrected chi connectivity index (χ3v) is 3.21. The molecule has 0 aliphatic heterocycles. The van der Waals surface area contributed by atoms with Crippen LogP contribution in [0.4, 0.5) is 0 Å². The van der Waals surface area contributed by atoms with E-state index in [1.165, 1.54) is 13.2 Å². The third-order valence-electron chi connectivity index (χ3n) is 3.21. The van der Waals surface area contributed by atoms with E-state index < -0.39 is 0 Å². The number of rotatable bonds is 6. The van der Waals surface area contributed by atoms with Crippen molar-refractivity contribution in [3.8, 4) is 5.75 Å². The van der Waals surface area contributed by atoms with Gasteiger partial charge in [-0.2, -0.15) is 0 Å². The first-order valence-electron chi connectivity index (χ1n) is 7.27. The van der Waals surface area contributed by atoms with Gasteiger partial charge in [0.1, 0.15) is 5.75 Å². The fourth-order valence-electron chi connectivity index (χ4n) is 2.00. The molecule has 0 radical (unpaired) electrons. The average molecular weight is 310 g/mol. The Labute approximate surface area is 135 Å². The fraction of sp³-hybridized carbons (Fsp3) is 0.158. The van der Waals surface area contributed by atoms with Crippen LogP contribution in [-0.2, 0) is 4.74 Å². The van der Waals surface area contributed by atoms with Crippen LogP contribution in [0, 0.1) is 0 Å². The van der Waals surface area contributed by atoms with Crippen LogP contribution in [0.5, 0.6) is 5.75 Å². The Hall–Kier alpha value is -2.88. The second-order valence-electron chi connectivity index (χ2n) is 4.77. The lowest BCUT2D eigenvalue weighted by molar-refractivity contribution is 0.0600. The molecular formula is C19H18O4. The molecule has 0 aromatic heterocycles. The van der Waals surface area contributed by atoms with E-state index in [9.17, 15) is 9.59 Å². The first-order valence-corrected chi connectivity index (χ1v) is 7.27. The molecule has 0 saturated heterocycles. The first kappa shape index (κ1) is 16.5. The predicted octanol–water partition coefficient (Wildman–Crippen LogP) is 3.77. The monoisotopic (exact) mass is 310 g/mol. The molecule has 23 heavy (non-hydrogen) atoms. The van der Waals surface area contributed by atoms with Crippen LogP contribution in [0.1, 0.15) is 33.2 Å². The van der Waals surface area contributed by atoms with Gasteiger partial charge in [-0.15, -0.1) is 0 Å². The molecule has 2 aromatic rings. The first-order chi connectivity index (χ1) is 11.1. The van der Waals surface area contributed by atoms with Crippen molar-refractivity contribution < 1.29 is 19.1 Å². The van der Waals surface area contributed by atoms with Crippen LogP contribution in [0.15, 0.2) is 54.6 Å². The Morgan fingerprint density at radius 2 is 1.57 bits per heavy atom. The number of carbonyl (C=O) groups excluding carboxylic acids is 2. The van der Waals surface area contributed by atoms with E-state index >= 15 is 0 Å². The largest absolute Gasteiger partial charge is 0.494 e. The number of esters is 1. The summed E-state index contributed by atoms with van der Waals surface area (Å²) in [7, 11) is 1.34. The lowest BCUT2D eigenvalue weighted by atomic mass is 10.1. The number of benzene rings is 2. The van der Waals surface area contributed by atoms with Crippen molar-refractivity contribution in [3.63, 3.8) is 0 Å². The summed E-state index contributed by atoms with van der Waals surface area (Å²) in [4.78, 5) is 23.5. The number of hydrogen-bond acceptors (Lipinski definition) is 4. The maximum atomic E-state index is 12.1. The molecule has 4 heteroatoms. The summed E-state index contributed by atoms with van der Waals surface area (Å²) in [5.41, 5.74) is 1.90. The summed E-state index contributed by atoms with van der Waals surface area (Å²) in [6.45, 7) is 2.50. The van der Waals surface area contributed by atoms with Crippen LogP contribution in [0.2, 0.25) is 0 Å². The molecule has 0 heterocycles. The highest BCUT2D eigenvalue weighted by Crippen LogP contribution is 2.14. The highest BCUT2D eigenvalue weighted by molar-refractivity contribution is 6.06. The predicted molar refractivity (Wildman–Crippen MR) is 88.8 cm³/mol. The van der Waals surface area contributed by atoms with Gasteiger partial charge in [0.2, 0.25) is 0 Å². The summed E-state index contributed by atoms with van der Waals surface area (Å²) < 4.78 is 9.98. The Morgan fingerprint density at radius 1 is 0.957 bits per heavy atom. The lowest BCUT2D eigenvalue weighted by Gasteiger charge is -2.03. The Bertz CT molecular complexity index is 697. The number of allylic oxidation sites excluding steroid dienone is 1. The van der Waals surface area contributed by atoms with Gasteiger partial charge in [-0.05, 0) is 55.0 Å². The number of hydrogen-bond donors (Lipinski definition) is 0. The molecule has 0 aliphatic rings. The number of ketones is 1. The van der Waals surface area contributed by atoms with Gasteiger partial charge in [-0.1, -0.05) is 18.2 Å². The molecule has 0 aliphatic carbocycles. The second-order valence-corrected chi connectivity index (χ2v) is 4.77. The summed E-state index contributed by atoms with van der Waals surface area (Å²) in [6, 6.07) is 13.9. The third kappa shape index (κ3) is 4.54. The maximum Gasteiger partial charge on any atom is 0.337 e. The SMILES string of the molecule is CCOc1ccc(C(=O)C=Cc2ccc(C(=O)OC)cc2)cc1. The molecule has 0 fully saturated rings. The summed E-state index contributed by atoms with van der Waals surface area (Å²) >= 11 is 0. The van der Waals surface area contributed by atoms with Gasteiger partial charge < -0.3 is 9.47 Å². The van der Waals surface area contributed by atoms with Crippen molar-refractivity contribution in [2.45, 2.75) is 6.92 Å². The van der Waals surface area contributed by atoms with E-state index in [-0.39, 0.29) is 11.8 Å². The van der Waals surface area contributed by atoms with Gasteiger partial charge in [0.15, 0.2) is 5.78 Å². The molecule has 0 atom stereocenters. The van der Waals surface area contributed by atoms with Crippen LogP contribution >= 0.6 is 0 Å². The molecule has 118 valence electrons. The molecule has 0 N–H and O–H groups in total. The number of ether oxygens (including phenoxy) is 2. The van der Waals surface area contributed by atoms with E-state index in [2.05, 4.69) is 4.74 Å². The zero-order valence-electron chi connectivity index (χ0n) is 13.1. The quantitative estimate of drug-likeness (QED) is 0.463. The van der Waals surface area contributed by atoms with Gasteiger partial charge in [0.05, 0.1) is 19.3 Å². The van der Waals surface area contributed by atoms with Crippen molar-refractivity contribution in [2.75, 3.05) is 13.7 Å². The van der Waals surface area contributed by atoms with Crippen molar-refractivity contribution in [2.24, 2.45) is 0 Å². The van der Waals surface area contributed by atoms with E-state index in [1.807, 2.05) is 6.92 Å². The Morgan fingerprint density at radius 3 is 2.13 bits per heavy atom. The maximum absolute atomic E-state index is 12.1. The van der Waals surface area contributed by atoms with Crippen molar-refractivity contribution in [3.05, 3.63) is 71.3 Å². The highest BCUT2D eigenvalue weighted by atomic mass is 16.5. The highest BCUT2D eigenvalue weighted by Gasteiger charge is 2.04. The van der Waals surface area contributed by atoms with Crippen LogP contribution < -0.4 is 4.74 Å². The Balaban J connectivity index is 2.04. The van der Waals surface area contributed by atoms with Crippen molar-refractivity contribution >= 4 is 17.8 Å². The van der Waals surface area contributed by atoms with Gasteiger partial charge in [0, 0.05) is 5.56 Å². The molecule has 4 nitrogen and oxygen atoms in total. The van der Waals surface area contributed by atoms with Crippen molar-refractivity contribution in [1.29, 1.82) is 0 Å². The van der Waals surface area contributed by atoms with E-state index in [0.717, 1.165) is 11.3 Å². The lowest BCUT2D eigenvalue weighted by Crippen LogP contribution is -2.00. The van der Waals surface area contributed by atoms with Crippen LogP contribution in [0.3, 0.4) is 0 Å². The minimum absolute atomic E-state index is 0.0925. The van der Waals surface area contributed by atoms with E-state index in [0.29, 0.717) is 17.7 Å². The van der Waals surface area contributed by atoms with Gasteiger partial charge >= 0.3 is 5.97 Å². The molecular weight excluding hydrogens is 292 g/mol. The smallest absolute Gasteiger partial charge is 0.337 e. The van der Waals surface area contributed by atoms with Crippen molar-refractivity contribution in [1.82, 2.24) is 0 Å². The summed E-state index contributed by atoms with van der Waals surface area (Å²) in [5, 5.41) is 0. The Kier molecular flexibility index (Phi) is 5.69. The average Bonchev–Trinajstić information content (AvgIpc) is 2.60. The van der Waals surface area contributed by atoms with Crippen LogP contribution in [-0.4, -0.2) is 25.5 Å². The number of methoxy groups -OCH3 is 1. The summed E-state index contributed by atoms with van der Waals surface area (Å²) in [6.07, 6.45) is 3.21. The topological polar surface area (TPSA) is 52.6 Å². The minimum Gasteiger partial charge on any atom is -0.494 e. The van der Waals surface area contributed by atoms with E-state index in [4.69, 9.17) is 4.74 Å². The summed E-state index contributed by atoms with van der Waals surface area (Å²) in [5.74, 6) is 0.266.